The zero-order valence-electron chi connectivity index (χ0n) is 6.95. The molecule has 0 aliphatic heterocycles. The Kier molecular flexibility index (Phi) is 1.96. The number of aromatic hydroxyl groups is 1. The fourth-order valence-electron chi connectivity index (χ4n) is 1.14. The zero-order valence-corrected chi connectivity index (χ0v) is 8.54. The van der Waals surface area contributed by atoms with E-state index in [0.717, 1.165) is 0 Å². The molecule has 2 aromatic rings. The van der Waals surface area contributed by atoms with Gasteiger partial charge in [0.2, 0.25) is 0 Å². The maximum Gasteiger partial charge on any atom is 0.359 e. The summed E-state index contributed by atoms with van der Waals surface area (Å²) in [6, 6.07) is 4.50. The number of hydrogen-bond acceptors (Lipinski definition) is 4. The highest BCUT2D eigenvalue weighted by molar-refractivity contribution is 9.10. The molecule has 0 bridgehead atoms. The molecule has 1 aromatic heterocycles. The van der Waals surface area contributed by atoms with Gasteiger partial charge in [-0.15, -0.1) is 0 Å². The predicted octanol–water partition coefficient (Wildman–Crippen LogP) is 1.84. The van der Waals surface area contributed by atoms with Crippen molar-refractivity contribution >= 4 is 32.6 Å². The van der Waals surface area contributed by atoms with Gasteiger partial charge in [0.1, 0.15) is 17.0 Å². The summed E-state index contributed by atoms with van der Waals surface area (Å²) in [6.07, 6.45) is 0. The number of nitrogen functional groups attached to an aromatic ring is 1. The number of phenols is 1. The van der Waals surface area contributed by atoms with Crippen molar-refractivity contribution in [1.29, 1.82) is 0 Å². The highest BCUT2D eigenvalue weighted by Crippen LogP contribution is 2.29. The van der Waals surface area contributed by atoms with Crippen molar-refractivity contribution < 1.29 is 9.52 Å². The Bertz CT molecular complexity index is 562. The molecule has 0 atom stereocenters. The molecule has 0 spiro atoms. The van der Waals surface area contributed by atoms with E-state index in [9.17, 15) is 9.90 Å². The molecule has 0 saturated heterocycles. The molecular weight excluding hydrogens is 250 g/mol. The van der Waals surface area contributed by atoms with E-state index in [1.165, 1.54) is 12.1 Å². The second kappa shape index (κ2) is 3.02. The maximum absolute atomic E-state index is 11.0. The molecule has 0 aliphatic carbocycles. The van der Waals surface area contributed by atoms with E-state index >= 15 is 0 Å². The molecule has 1 aromatic carbocycles. The number of anilines is 1. The van der Waals surface area contributed by atoms with Crippen LogP contribution in [-0.2, 0) is 0 Å². The van der Waals surface area contributed by atoms with Crippen LogP contribution in [0.3, 0.4) is 0 Å². The highest BCUT2D eigenvalue weighted by atomic mass is 79.9. The van der Waals surface area contributed by atoms with Gasteiger partial charge in [0.25, 0.3) is 0 Å². The standard InChI is InChI=1S/C9H6BrNO3/c10-5-1-4-2-6(11)9(13)14-8(4)3-7(5)12/h1-3,12H,11H2. The largest absolute Gasteiger partial charge is 0.507 e. The lowest BCUT2D eigenvalue weighted by atomic mass is 10.2. The first-order valence-corrected chi connectivity index (χ1v) is 4.59. The van der Waals surface area contributed by atoms with Crippen LogP contribution in [0.2, 0.25) is 0 Å². The molecule has 0 aliphatic rings. The third-order valence-corrected chi connectivity index (χ3v) is 2.46. The van der Waals surface area contributed by atoms with Gasteiger partial charge in [-0.1, -0.05) is 0 Å². The number of hydrogen-bond donors (Lipinski definition) is 2. The number of halogens is 1. The van der Waals surface area contributed by atoms with Crippen LogP contribution < -0.4 is 11.4 Å². The summed E-state index contributed by atoms with van der Waals surface area (Å²) >= 11 is 3.15. The molecule has 0 unspecified atom stereocenters. The van der Waals surface area contributed by atoms with Crippen LogP contribution in [0.25, 0.3) is 11.0 Å². The van der Waals surface area contributed by atoms with E-state index in [0.29, 0.717) is 15.4 Å². The molecule has 72 valence electrons. The Hall–Kier alpha value is -1.49. The van der Waals surface area contributed by atoms with Gasteiger partial charge in [-0.2, -0.15) is 0 Å². The first-order chi connectivity index (χ1) is 6.58. The molecule has 2 rings (SSSR count). The van der Waals surface area contributed by atoms with Crippen LogP contribution in [0, 0.1) is 0 Å². The van der Waals surface area contributed by atoms with E-state index < -0.39 is 5.63 Å². The number of fused-ring (bicyclic) bond motifs is 1. The lowest BCUT2D eigenvalue weighted by Crippen LogP contribution is -2.05. The molecule has 3 N–H and O–H groups in total. The van der Waals surface area contributed by atoms with E-state index in [1.807, 2.05) is 0 Å². The van der Waals surface area contributed by atoms with Crippen molar-refractivity contribution in [2.45, 2.75) is 0 Å². The second-order valence-electron chi connectivity index (χ2n) is 2.83. The molecule has 0 fully saturated rings. The van der Waals surface area contributed by atoms with E-state index in [2.05, 4.69) is 15.9 Å². The Morgan fingerprint density at radius 2 is 2.07 bits per heavy atom. The third kappa shape index (κ3) is 1.35. The minimum atomic E-state index is -0.598. The van der Waals surface area contributed by atoms with Gasteiger partial charge < -0.3 is 15.3 Å². The van der Waals surface area contributed by atoms with Crippen LogP contribution in [-0.4, -0.2) is 5.11 Å². The molecule has 0 saturated carbocycles. The Labute approximate surface area is 87.1 Å². The molecule has 0 amide bonds. The molecular formula is C9H6BrNO3. The molecule has 1 heterocycles. The fourth-order valence-corrected chi connectivity index (χ4v) is 1.51. The van der Waals surface area contributed by atoms with Crippen LogP contribution in [0.1, 0.15) is 0 Å². The van der Waals surface area contributed by atoms with Gasteiger partial charge in [-0.3, -0.25) is 0 Å². The summed E-state index contributed by atoms with van der Waals surface area (Å²) in [6.45, 7) is 0. The first kappa shape index (κ1) is 9.08. The van der Waals surface area contributed by atoms with Gasteiger partial charge in [0.15, 0.2) is 0 Å². The van der Waals surface area contributed by atoms with Crippen LogP contribution in [0.15, 0.2) is 31.9 Å². The van der Waals surface area contributed by atoms with E-state index in [4.69, 9.17) is 10.2 Å². The SMILES string of the molecule is Nc1cc2cc(Br)c(O)cc2oc1=O. The average Bonchev–Trinajstić information content (AvgIpc) is 2.11. The lowest BCUT2D eigenvalue weighted by Gasteiger charge is -2.00. The molecule has 4 nitrogen and oxygen atoms in total. The Morgan fingerprint density at radius 1 is 1.36 bits per heavy atom. The summed E-state index contributed by atoms with van der Waals surface area (Å²) < 4.78 is 5.39. The number of rotatable bonds is 0. The monoisotopic (exact) mass is 255 g/mol. The van der Waals surface area contributed by atoms with Crippen molar-refractivity contribution in [2.24, 2.45) is 0 Å². The minimum Gasteiger partial charge on any atom is -0.507 e. The van der Waals surface area contributed by atoms with Crippen molar-refractivity contribution in [1.82, 2.24) is 0 Å². The van der Waals surface area contributed by atoms with Gasteiger partial charge in [-0.05, 0) is 28.1 Å². The Morgan fingerprint density at radius 3 is 2.79 bits per heavy atom. The first-order valence-electron chi connectivity index (χ1n) is 3.80. The Balaban J connectivity index is 2.90. The van der Waals surface area contributed by atoms with E-state index in [1.54, 1.807) is 6.07 Å². The van der Waals surface area contributed by atoms with Crippen molar-refractivity contribution in [2.75, 3.05) is 5.73 Å². The van der Waals surface area contributed by atoms with Gasteiger partial charge in [-0.25, -0.2) is 4.79 Å². The lowest BCUT2D eigenvalue weighted by molar-refractivity contribution is 0.470. The summed E-state index contributed by atoms with van der Waals surface area (Å²) in [5.41, 5.74) is 5.15. The summed E-state index contributed by atoms with van der Waals surface area (Å²) in [5.74, 6) is 0.0189. The summed E-state index contributed by atoms with van der Waals surface area (Å²) in [7, 11) is 0. The van der Waals surface area contributed by atoms with Crippen molar-refractivity contribution in [3.63, 3.8) is 0 Å². The molecule has 5 heteroatoms. The number of benzene rings is 1. The maximum atomic E-state index is 11.0. The zero-order chi connectivity index (χ0) is 10.3. The van der Waals surface area contributed by atoms with Crippen LogP contribution >= 0.6 is 15.9 Å². The van der Waals surface area contributed by atoms with Crippen molar-refractivity contribution in [3.8, 4) is 5.75 Å². The third-order valence-electron chi connectivity index (χ3n) is 1.83. The average molecular weight is 256 g/mol. The highest BCUT2D eigenvalue weighted by Gasteiger charge is 2.05. The molecule has 0 radical (unpaired) electrons. The topological polar surface area (TPSA) is 76.5 Å². The molecule has 14 heavy (non-hydrogen) atoms. The smallest absolute Gasteiger partial charge is 0.359 e. The van der Waals surface area contributed by atoms with Gasteiger partial charge in [0.05, 0.1) is 4.47 Å². The number of phenolic OH excluding ortho intramolecular Hbond substituents is 1. The normalized spacial score (nSPS) is 10.6. The van der Waals surface area contributed by atoms with Gasteiger partial charge >= 0.3 is 5.63 Å². The fraction of sp³-hybridized carbons (Fsp3) is 0. The van der Waals surface area contributed by atoms with E-state index in [-0.39, 0.29) is 11.4 Å². The number of nitrogens with two attached hydrogens (primary N) is 1. The predicted molar refractivity (Wildman–Crippen MR) is 56.3 cm³/mol. The van der Waals surface area contributed by atoms with Gasteiger partial charge in [0, 0.05) is 11.5 Å². The summed E-state index contributed by atoms with van der Waals surface area (Å²) in [5, 5.41) is 10.00. The van der Waals surface area contributed by atoms with Crippen LogP contribution in [0.4, 0.5) is 5.69 Å². The summed E-state index contributed by atoms with van der Waals surface area (Å²) in [4.78, 5) is 11.0. The van der Waals surface area contributed by atoms with Crippen LogP contribution in [0.5, 0.6) is 5.75 Å². The quantitative estimate of drug-likeness (QED) is 0.705. The minimum absolute atomic E-state index is 0.0189. The second-order valence-corrected chi connectivity index (χ2v) is 3.68. The van der Waals surface area contributed by atoms with Crippen molar-refractivity contribution in [3.05, 3.63) is 33.1 Å².